The summed E-state index contributed by atoms with van der Waals surface area (Å²) in [5.41, 5.74) is 2.28. The van der Waals surface area contributed by atoms with E-state index in [0.29, 0.717) is 6.42 Å². The van der Waals surface area contributed by atoms with Crippen LogP contribution in [0.1, 0.15) is 26.3 Å². The van der Waals surface area contributed by atoms with Gasteiger partial charge < -0.3 is 14.8 Å². The number of amides is 1. The normalized spacial score (nSPS) is 12.3. The third-order valence-corrected chi connectivity index (χ3v) is 3.61. The van der Waals surface area contributed by atoms with Gasteiger partial charge in [0, 0.05) is 25.2 Å². The van der Waals surface area contributed by atoms with Crippen LogP contribution in [0.2, 0.25) is 0 Å². The number of benzene rings is 1. The molecule has 1 atom stereocenters. The van der Waals surface area contributed by atoms with Crippen LogP contribution in [-0.2, 0) is 27.7 Å². The van der Waals surface area contributed by atoms with Crippen molar-refractivity contribution >= 4 is 12.1 Å². The molecule has 0 aliphatic heterocycles. The van der Waals surface area contributed by atoms with Gasteiger partial charge in [-0.05, 0) is 31.9 Å². The van der Waals surface area contributed by atoms with E-state index in [0.717, 1.165) is 16.7 Å². The number of carbonyl (C=O) groups is 2. The van der Waals surface area contributed by atoms with Gasteiger partial charge in [0.25, 0.3) is 0 Å². The second-order valence-corrected chi connectivity index (χ2v) is 7.03. The van der Waals surface area contributed by atoms with Gasteiger partial charge in [0.15, 0.2) is 0 Å². The topological polar surface area (TPSA) is 82.5 Å². The van der Waals surface area contributed by atoms with E-state index in [1.165, 1.54) is 7.11 Å². The lowest BCUT2D eigenvalue weighted by molar-refractivity contribution is -0.143. The molecular weight excluding hydrogens is 334 g/mol. The summed E-state index contributed by atoms with van der Waals surface area (Å²) in [4.78, 5) is 24.0. The number of hydrogen-bond acceptors (Lipinski definition) is 5. The van der Waals surface area contributed by atoms with Crippen molar-refractivity contribution in [1.29, 1.82) is 0 Å². The van der Waals surface area contributed by atoms with Crippen molar-refractivity contribution in [2.45, 2.75) is 38.8 Å². The summed E-state index contributed by atoms with van der Waals surface area (Å²) in [7, 11) is 3.15. The van der Waals surface area contributed by atoms with Crippen LogP contribution in [0.25, 0.3) is 11.1 Å². The summed E-state index contributed by atoms with van der Waals surface area (Å²) in [6.07, 6.45) is 3.37. The highest BCUT2D eigenvalue weighted by atomic mass is 16.6. The first kappa shape index (κ1) is 19.5. The molecule has 1 amide bonds. The Balaban J connectivity index is 2.08. The quantitative estimate of drug-likeness (QED) is 0.830. The molecule has 2 aromatic rings. The number of aryl methyl sites for hydroxylation is 1. The van der Waals surface area contributed by atoms with E-state index in [2.05, 4.69) is 10.4 Å². The van der Waals surface area contributed by atoms with E-state index in [4.69, 9.17) is 9.47 Å². The molecule has 0 bridgehead atoms. The first-order chi connectivity index (χ1) is 12.2. The van der Waals surface area contributed by atoms with E-state index in [9.17, 15) is 9.59 Å². The van der Waals surface area contributed by atoms with Gasteiger partial charge in [-0.15, -0.1) is 0 Å². The monoisotopic (exact) mass is 359 g/mol. The highest BCUT2D eigenvalue weighted by molar-refractivity contribution is 5.81. The summed E-state index contributed by atoms with van der Waals surface area (Å²) >= 11 is 0. The third kappa shape index (κ3) is 5.61. The minimum absolute atomic E-state index is 0.305. The molecule has 0 saturated carbocycles. The molecule has 7 heteroatoms. The van der Waals surface area contributed by atoms with Gasteiger partial charge in [-0.25, -0.2) is 9.59 Å². The number of rotatable bonds is 5. The van der Waals surface area contributed by atoms with Crippen molar-refractivity contribution < 1.29 is 19.1 Å². The van der Waals surface area contributed by atoms with Crippen LogP contribution in [0.3, 0.4) is 0 Å². The summed E-state index contributed by atoms with van der Waals surface area (Å²) < 4.78 is 11.7. The van der Waals surface area contributed by atoms with E-state index < -0.39 is 23.7 Å². The smallest absolute Gasteiger partial charge is 0.408 e. The molecule has 0 saturated heterocycles. The van der Waals surface area contributed by atoms with Crippen molar-refractivity contribution in [2.24, 2.45) is 7.05 Å². The van der Waals surface area contributed by atoms with Crippen LogP contribution in [0, 0.1) is 0 Å². The van der Waals surface area contributed by atoms with Crippen LogP contribution >= 0.6 is 0 Å². The number of methoxy groups -OCH3 is 1. The third-order valence-electron chi connectivity index (χ3n) is 3.61. The zero-order valence-electron chi connectivity index (χ0n) is 15.8. The van der Waals surface area contributed by atoms with Crippen molar-refractivity contribution in [3.63, 3.8) is 0 Å². The SMILES string of the molecule is COC(=O)[C@H](Cc1ccc(-c2cnn(C)c2)cc1)NC(=O)OC(C)(C)C. The molecule has 26 heavy (non-hydrogen) atoms. The first-order valence-corrected chi connectivity index (χ1v) is 8.33. The Morgan fingerprint density at radius 2 is 1.85 bits per heavy atom. The Bertz CT molecular complexity index is 760. The molecule has 0 unspecified atom stereocenters. The predicted molar refractivity (Wildman–Crippen MR) is 97.5 cm³/mol. The van der Waals surface area contributed by atoms with Crippen LogP contribution in [0.5, 0.6) is 0 Å². The average Bonchev–Trinajstić information content (AvgIpc) is 2.99. The van der Waals surface area contributed by atoms with Crippen LogP contribution < -0.4 is 5.32 Å². The molecule has 140 valence electrons. The van der Waals surface area contributed by atoms with Crippen LogP contribution in [0.15, 0.2) is 36.7 Å². The fourth-order valence-corrected chi connectivity index (χ4v) is 2.42. The molecule has 1 aromatic heterocycles. The fourth-order valence-electron chi connectivity index (χ4n) is 2.42. The number of alkyl carbamates (subject to hydrolysis) is 1. The number of nitrogens with one attached hydrogen (secondary N) is 1. The summed E-state index contributed by atoms with van der Waals surface area (Å²) in [5.74, 6) is -0.521. The summed E-state index contributed by atoms with van der Waals surface area (Å²) in [6, 6.07) is 6.91. The Morgan fingerprint density at radius 3 is 2.35 bits per heavy atom. The van der Waals surface area contributed by atoms with Crippen LogP contribution in [0.4, 0.5) is 4.79 Å². The lowest BCUT2D eigenvalue weighted by atomic mass is 10.0. The van der Waals surface area contributed by atoms with Gasteiger partial charge in [-0.1, -0.05) is 24.3 Å². The van der Waals surface area contributed by atoms with E-state index >= 15 is 0 Å². The summed E-state index contributed by atoms with van der Waals surface area (Å²) in [5, 5.41) is 6.73. The number of aromatic nitrogens is 2. The largest absolute Gasteiger partial charge is 0.467 e. The molecule has 0 spiro atoms. The molecule has 7 nitrogen and oxygen atoms in total. The maximum atomic E-state index is 12.0. The van der Waals surface area contributed by atoms with Gasteiger partial charge in [0.1, 0.15) is 11.6 Å². The number of ether oxygens (including phenoxy) is 2. The highest BCUT2D eigenvalue weighted by Crippen LogP contribution is 2.19. The molecule has 0 aliphatic carbocycles. The fraction of sp³-hybridized carbons (Fsp3) is 0.421. The van der Waals surface area contributed by atoms with Gasteiger partial charge in [-0.3, -0.25) is 4.68 Å². The molecule has 0 fully saturated rings. The van der Waals surface area contributed by atoms with Gasteiger partial charge in [0.05, 0.1) is 13.3 Å². The lowest BCUT2D eigenvalue weighted by Crippen LogP contribution is -2.45. The number of carbonyl (C=O) groups excluding carboxylic acids is 2. The van der Waals surface area contributed by atoms with Gasteiger partial charge in [0.2, 0.25) is 0 Å². The predicted octanol–water partition coefficient (Wildman–Crippen LogP) is 2.70. The first-order valence-electron chi connectivity index (χ1n) is 8.33. The molecular formula is C19H25N3O4. The molecule has 0 aliphatic rings. The molecule has 1 N–H and O–H groups in total. The molecule has 1 aromatic carbocycles. The second-order valence-electron chi connectivity index (χ2n) is 7.03. The number of hydrogen-bond donors (Lipinski definition) is 1. The summed E-state index contributed by atoms with van der Waals surface area (Å²) in [6.45, 7) is 5.28. The van der Waals surface area contributed by atoms with E-state index in [1.807, 2.05) is 37.5 Å². The zero-order valence-corrected chi connectivity index (χ0v) is 15.8. The van der Waals surface area contributed by atoms with Crippen LogP contribution in [-0.4, -0.2) is 40.6 Å². The second kappa shape index (κ2) is 8.03. The van der Waals surface area contributed by atoms with Crippen molar-refractivity contribution in [2.75, 3.05) is 7.11 Å². The number of esters is 1. The van der Waals surface area contributed by atoms with E-state index in [1.54, 1.807) is 31.6 Å². The van der Waals surface area contributed by atoms with Crippen molar-refractivity contribution in [1.82, 2.24) is 15.1 Å². The zero-order chi connectivity index (χ0) is 19.3. The molecule has 1 heterocycles. The lowest BCUT2D eigenvalue weighted by Gasteiger charge is -2.22. The Kier molecular flexibility index (Phi) is 6.02. The van der Waals surface area contributed by atoms with Crippen molar-refractivity contribution in [3.8, 4) is 11.1 Å². The standard InChI is InChI=1S/C19H25N3O4/c1-19(2,3)26-18(24)21-16(17(23)25-5)10-13-6-8-14(9-7-13)15-11-20-22(4)12-15/h6-9,11-12,16H,10H2,1-5H3,(H,21,24)/t16-/m0/s1. The van der Waals surface area contributed by atoms with Crippen molar-refractivity contribution in [3.05, 3.63) is 42.2 Å². The number of nitrogens with zero attached hydrogens (tertiary/aromatic N) is 2. The van der Waals surface area contributed by atoms with E-state index in [-0.39, 0.29) is 0 Å². The Morgan fingerprint density at radius 1 is 1.19 bits per heavy atom. The Hall–Kier alpha value is -2.83. The average molecular weight is 359 g/mol. The maximum Gasteiger partial charge on any atom is 0.408 e. The molecule has 2 rings (SSSR count). The minimum atomic E-state index is -0.820. The minimum Gasteiger partial charge on any atom is -0.467 e. The Labute approximate surface area is 153 Å². The maximum absolute atomic E-state index is 12.0. The highest BCUT2D eigenvalue weighted by Gasteiger charge is 2.25. The van der Waals surface area contributed by atoms with Gasteiger partial charge >= 0.3 is 12.1 Å². The van der Waals surface area contributed by atoms with Gasteiger partial charge in [-0.2, -0.15) is 5.10 Å². The molecule has 0 radical (unpaired) electrons.